The number of halogens is 1. The number of nitro benzene ring substituents is 1. The maximum Gasteiger partial charge on any atom is 0.363 e. The van der Waals surface area contributed by atoms with Gasteiger partial charge in [0.25, 0.3) is 5.69 Å². The molecule has 0 aromatic heterocycles. The minimum atomic E-state index is -0.611. The molecule has 0 fully saturated rings. The largest absolute Gasteiger partial charge is 0.488 e. The second-order valence-electron chi connectivity index (χ2n) is 7.05. The summed E-state index contributed by atoms with van der Waals surface area (Å²) in [6, 6.07) is 19.0. The highest BCUT2D eigenvalue weighted by Gasteiger charge is 2.25. The maximum absolute atomic E-state index is 12.4. The lowest BCUT2D eigenvalue weighted by molar-refractivity contribution is -0.385. The van der Waals surface area contributed by atoms with E-state index in [-0.39, 0.29) is 17.3 Å². The zero-order chi connectivity index (χ0) is 22.7. The van der Waals surface area contributed by atoms with Gasteiger partial charge in [0, 0.05) is 27.8 Å². The first-order valence-corrected chi connectivity index (χ1v) is 10.0. The Kier molecular flexibility index (Phi) is 6.00. The lowest BCUT2D eigenvalue weighted by Gasteiger charge is -2.09. The lowest BCUT2D eigenvalue weighted by atomic mass is 10.1. The summed E-state index contributed by atoms with van der Waals surface area (Å²) in [6.07, 6.45) is 1.58. The van der Waals surface area contributed by atoms with E-state index < -0.39 is 10.9 Å². The molecular weight excluding hydrogens is 432 g/mol. The van der Waals surface area contributed by atoms with Gasteiger partial charge in [0.15, 0.2) is 5.70 Å². The first-order chi connectivity index (χ1) is 15.4. The van der Waals surface area contributed by atoms with Crippen molar-refractivity contribution in [3.8, 4) is 5.75 Å². The summed E-state index contributed by atoms with van der Waals surface area (Å²) >= 11 is 6.02. The van der Waals surface area contributed by atoms with E-state index in [1.807, 2.05) is 30.3 Å². The Morgan fingerprint density at radius 2 is 1.94 bits per heavy atom. The summed E-state index contributed by atoms with van der Waals surface area (Å²) in [5.74, 6) is 0.0554. The van der Waals surface area contributed by atoms with E-state index in [2.05, 4.69) is 4.99 Å². The van der Waals surface area contributed by atoms with E-state index in [1.54, 1.807) is 37.3 Å². The summed E-state index contributed by atoms with van der Waals surface area (Å²) in [5.41, 5.74) is 2.59. The molecule has 8 heteroatoms. The number of hydrogen-bond donors (Lipinski definition) is 0. The number of rotatable bonds is 6. The zero-order valence-electron chi connectivity index (χ0n) is 16.9. The van der Waals surface area contributed by atoms with Crippen molar-refractivity contribution in [2.75, 3.05) is 0 Å². The molecule has 32 heavy (non-hydrogen) atoms. The van der Waals surface area contributed by atoms with Crippen molar-refractivity contribution in [3.63, 3.8) is 0 Å². The van der Waals surface area contributed by atoms with E-state index >= 15 is 0 Å². The highest BCUT2D eigenvalue weighted by Crippen LogP contribution is 2.27. The average Bonchev–Trinajstić information content (AvgIpc) is 3.13. The standard InChI is InChI=1S/C24H17ClN2O5/c1-15-11-18(9-10-21(15)27(29)30)23-26-20(24(28)32-23)13-17-6-2-3-8-22(17)31-14-16-5-4-7-19(25)12-16/h2-13H,14H2,1H3/b20-13-. The van der Waals surface area contributed by atoms with Gasteiger partial charge in [-0.05, 0) is 48.9 Å². The summed E-state index contributed by atoms with van der Waals surface area (Å²) < 4.78 is 11.2. The maximum atomic E-state index is 12.4. The molecule has 7 nitrogen and oxygen atoms in total. The number of aryl methyl sites for hydroxylation is 1. The number of carbonyl (C=O) groups is 1. The lowest BCUT2D eigenvalue weighted by Crippen LogP contribution is -2.06. The predicted octanol–water partition coefficient (Wildman–Crippen LogP) is 5.48. The number of carbonyl (C=O) groups excluding carboxylic acids is 1. The fourth-order valence-corrected chi connectivity index (χ4v) is 3.41. The Hall–Kier alpha value is -3.97. The topological polar surface area (TPSA) is 91.0 Å². The molecule has 0 saturated carbocycles. The molecule has 0 aliphatic carbocycles. The van der Waals surface area contributed by atoms with Crippen LogP contribution in [0.1, 0.15) is 22.3 Å². The quantitative estimate of drug-likeness (QED) is 0.215. The number of ether oxygens (including phenoxy) is 2. The first kappa shape index (κ1) is 21.3. The highest BCUT2D eigenvalue weighted by atomic mass is 35.5. The third-order valence-electron chi connectivity index (χ3n) is 4.76. The highest BCUT2D eigenvalue weighted by molar-refractivity contribution is 6.30. The van der Waals surface area contributed by atoms with Crippen LogP contribution in [0.4, 0.5) is 5.69 Å². The SMILES string of the molecule is Cc1cc(C2=N/C(=C\c3ccccc3OCc3cccc(Cl)c3)C(=O)O2)ccc1[N+](=O)[O-]. The Morgan fingerprint density at radius 1 is 1.12 bits per heavy atom. The summed E-state index contributed by atoms with van der Waals surface area (Å²) in [5, 5.41) is 11.6. The van der Waals surface area contributed by atoms with E-state index in [9.17, 15) is 14.9 Å². The van der Waals surface area contributed by atoms with Gasteiger partial charge in [0.2, 0.25) is 5.90 Å². The van der Waals surface area contributed by atoms with Gasteiger partial charge in [-0.15, -0.1) is 0 Å². The van der Waals surface area contributed by atoms with Gasteiger partial charge in [-0.1, -0.05) is 41.9 Å². The van der Waals surface area contributed by atoms with Gasteiger partial charge < -0.3 is 9.47 Å². The second kappa shape index (κ2) is 9.03. The van der Waals surface area contributed by atoms with Gasteiger partial charge in [-0.3, -0.25) is 10.1 Å². The monoisotopic (exact) mass is 448 g/mol. The van der Waals surface area contributed by atoms with Crippen molar-refractivity contribution < 1.29 is 19.2 Å². The van der Waals surface area contributed by atoms with Crippen LogP contribution < -0.4 is 4.74 Å². The molecule has 0 unspecified atom stereocenters. The van der Waals surface area contributed by atoms with E-state index in [0.29, 0.717) is 34.1 Å². The van der Waals surface area contributed by atoms with Crippen molar-refractivity contribution in [1.82, 2.24) is 0 Å². The normalized spacial score (nSPS) is 14.2. The minimum Gasteiger partial charge on any atom is -0.488 e. The molecule has 1 heterocycles. The number of nitro groups is 1. The second-order valence-corrected chi connectivity index (χ2v) is 7.49. The molecule has 0 radical (unpaired) electrons. The van der Waals surface area contributed by atoms with E-state index in [0.717, 1.165) is 5.56 Å². The molecule has 1 aliphatic heterocycles. The summed E-state index contributed by atoms with van der Waals surface area (Å²) in [7, 11) is 0. The van der Waals surface area contributed by atoms with Crippen LogP contribution in [-0.4, -0.2) is 16.8 Å². The van der Waals surface area contributed by atoms with Crippen molar-refractivity contribution in [2.24, 2.45) is 4.99 Å². The molecule has 0 spiro atoms. The molecule has 3 aromatic rings. The van der Waals surface area contributed by atoms with Gasteiger partial charge >= 0.3 is 5.97 Å². The Bertz CT molecular complexity index is 1280. The van der Waals surface area contributed by atoms with Crippen LogP contribution in [0.25, 0.3) is 6.08 Å². The van der Waals surface area contributed by atoms with Crippen LogP contribution >= 0.6 is 11.6 Å². The summed E-state index contributed by atoms with van der Waals surface area (Å²) in [6.45, 7) is 1.92. The molecule has 0 bridgehead atoms. The minimum absolute atomic E-state index is 0.0137. The first-order valence-electron chi connectivity index (χ1n) is 9.65. The molecule has 160 valence electrons. The smallest absolute Gasteiger partial charge is 0.363 e. The number of benzene rings is 3. The zero-order valence-corrected chi connectivity index (χ0v) is 17.7. The molecule has 0 saturated heterocycles. The average molecular weight is 449 g/mol. The van der Waals surface area contributed by atoms with Crippen molar-refractivity contribution in [1.29, 1.82) is 0 Å². The molecule has 0 atom stereocenters. The van der Waals surface area contributed by atoms with Crippen LogP contribution in [0.5, 0.6) is 5.75 Å². The number of esters is 1. The van der Waals surface area contributed by atoms with Crippen LogP contribution in [-0.2, 0) is 16.1 Å². The third kappa shape index (κ3) is 4.68. The van der Waals surface area contributed by atoms with E-state index in [1.165, 1.54) is 12.1 Å². The summed E-state index contributed by atoms with van der Waals surface area (Å²) in [4.78, 5) is 27.2. The fraction of sp³-hybridized carbons (Fsp3) is 0.0833. The Morgan fingerprint density at radius 3 is 2.69 bits per heavy atom. The molecule has 1 aliphatic rings. The number of aliphatic imine (C=N–C) groups is 1. The fourth-order valence-electron chi connectivity index (χ4n) is 3.19. The Balaban J connectivity index is 1.59. The molecule has 4 rings (SSSR count). The van der Waals surface area contributed by atoms with Crippen molar-refractivity contribution >= 4 is 35.2 Å². The Labute approximate surface area is 188 Å². The van der Waals surface area contributed by atoms with Crippen LogP contribution in [0, 0.1) is 17.0 Å². The number of nitrogens with zero attached hydrogens (tertiary/aromatic N) is 2. The molecular formula is C24H17ClN2O5. The van der Waals surface area contributed by atoms with Gasteiger partial charge in [-0.25, -0.2) is 9.79 Å². The third-order valence-corrected chi connectivity index (χ3v) is 4.99. The van der Waals surface area contributed by atoms with Crippen LogP contribution in [0.3, 0.4) is 0 Å². The van der Waals surface area contributed by atoms with Crippen molar-refractivity contribution in [2.45, 2.75) is 13.5 Å². The molecule has 0 N–H and O–H groups in total. The number of cyclic esters (lactones) is 1. The van der Waals surface area contributed by atoms with Crippen LogP contribution in [0.15, 0.2) is 77.4 Å². The van der Waals surface area contributed by atoms with Crippen molar-refractivity contribution in [3.05, 3.63) is 110 Å². The molecule has 0 amide bonds. The van der Waals surface area contributed by atoms with Gasteiger partial charge in [0.05, 0.1) is 4.92 Å². The molecule has 3 aromatic carbocycles. The predicted molar refractivity (Wildman–Crippen MR) is 121 cm³/mol. The van der Waals surface area contributed by atoms with Gasteiger partial charge in [-0.2, -0.15) is 0 Å². The number of para-hydroxylation sites is 1. The number of hydrogen-bond acceptors (Lipinski definition) is 6. The van der Waals surface area contributed by atoms with Crippen LogP contribution in [0.2, 0.25) is 5.02 Å². The van der Waals surface area contributed by atoms with E-state index in [4.69, 9.17) is 21.1 Å². The van der Waals surface area contributed by atoms with Gasteiger partial charge in [0.1, 0.15) is 12.4 Å².